The lowest BCUT2D eigenvalue weighted by Crippen LogP contribution is -2.09. The van der Waals surface area contributed by atoms with Crippen molar-refractivity contribution in [2.75, 3.05) is 25.3 Å². The lowest BCUT2D eigenvalue weighted by Gasteiger charge is -2.18. The van der Waals surface area contributed by atoms with Gasteiger partial charge in [-0.3, -0.25) is 0 Å². The number of para-hydroxylation sites is 2. The van der Waals surface area contributed by atoms with Gasteiger partial charge in [0, 0.05) is 30.9 Å². The molecule has 0 amide bonds. The second kappa shape index (κ2) is 8.29. The first-order valence-corrected chi connectivity index (χ1v) is 7.60. The van der Waals surface area contributed by atoms with Gasteiger partial charge in [0.15, 0.2) is 5.17 Å². The van der Waals surface area contributed by atoms with E-state index in [2.05, 4.69) is 28.1 Å². The molecule has 21 heavy (non-hydrogen) atoms. The zero-order chi connectivity index (χ0) is 14.5. The number of hydrogen-bond acceptors (Lipinski definition) is 3. The van der Waals surface area contributed by atoms with Crippen molar-refractivity contribution < 1.29 is 0 Å². The second-order valence-electron chi connectivity index (χ2n) is 4.58. The molecule has 0 heterocycles. The van der Waals surface area contributed by atoms with Gasteiger partial charge < -0.3 is 10.6 Å². The molecule has 0 saturated heterocycles. The van der Waals surface area contributed by atoms with Crippen LogP contribution >= 0.6 is 35.7 Å². The van der Waals surface area contributed by atoms with E-state index in [1.54, 1.807) is 0 Å². The maximum absolute atomic E-state index is 5.85. The summed E-state index contributed by atoms with van der Waals surface area (Å²) >= 11 is 1.45. The molecule has 0 spiro atoms. The minimum Gasteiger partial charge on any atom is -0.378 e. The summed E-state index contributed by atoms with van der Waals surface area (Å²) in [5, 5.41) is 0.569. The Balaban J connectivity index is 0.00000220. The molecule has 0 aromatic heterocycles. The summed E-state index contributed by atoms with van der Waals surface area (Å²) in [6, 6.07) is 16.4. The molecule has 3 nitrogen and oxygen atoms in total. The molecule has 2 N–H and O–H groups in total. The molecule has 0 aliphatic carbocycles. The van der Waals surface area contributed by atoms with E-state index in [1.165, 1.54) is 11.8 Å². The maximum atomic E-state index is 5.85. The predicted octanol–water partition coefficient (Wildman–Crippen LogP) is 4.35. The highest BCUT2D eigenvalue weighted by Gasteiger charge is 2.10. The number of amidine groups is 1. The Labute approximate surface area is 147 Å². The van der Waals surface area contributed by atoms with Gasteiger partial charge in [-0.05, 0) is 18.4 Å². The maximum Gasteiger partial charge on any atom is 0.158 e. The van der Waals surface area contributed by atoms with Crippen LogP contribution in [0.4, 0.5) is 11.4 Å². The molecule has 0 unspecified atom stereocenters. The van der Waals surface area contributed by atoms with Crippen LogP contribution < -0.4 is 10.6 Å². The van der Waals surface area contributed by atoms with Crippen molar-refractivity contribution in [2.45, 2.75) is 0 Å². The number of benzene rings is 2. The quantitative estimate of drug-likeness (QED) is 0.462. The van der Waals surface area contributed by atoms with Crippen molar-refractivity contribution in [1.82, 2.24) is 0 Å². The Bertz CT molecular complexity index is 626. The first-order chi connectivity index (χ1) is 9.63. The smallest absolute Gasteiger partial charge is 0.158 e. The molecule has 2 aromatic rings. The summed E-state index contributed by atoms with van der Waals surface area (Å²) in [7, 11) is 4.09. The van der Waals surface area contributed by atoms with Crippen molar-refractivity contribution >= 4 is 52.3 Å². The standard InChI is InChI=1S/C16H19N3S.HI/c1-19(2)15-11-7-5-9-13(15)12-8-4-6-10-14(12)18-16(17)20-3;/h4-11H,1-3H3,(H2,17,18);1H. The van der Waals surface area contributed by atoms with Crippen LogP contribution in [0, 0.1) is 0 Å². The molecule has 0 aliphatic rings. The molecule has 0 bridgehead atoms. The minimum absolute atomic E-state index is 0. The Morgan fingerprint density at radius 1 is 1.00 bits per heavy atom. The van der Waals surface area contributed by atoms with E-state index < -0.39 is 0 Å². The summed E-state index contributed by atoms with van der Waals surface area (Å²) in [6.45, 7) is 0. The predicted molar refractivity (Wildman–Crippen MR) is 106 cm³/mol. The number of anilines is 1. The lowest BCUT2D eigenvalue weighted by molar-refractivity contribution is 1.13. The van der Waals surface area contributed by atoms with E-state index in [-0.39, 0.29) is 24.0 Å². The molecule has 2 rings (SSSR count). The van der Waals surface area contributed by atoms with Crippen LogP contribution in [-0.4, -0.2) is 25.5 Å². The van der Waals surface area contributed by atoms with E-state index in [0.717, 1.165) is 22.5 Å². The highest BCUT2D eigenvalue weighted by molar-refractivity contribution is 14.0. The van der Waals surface area contributed by atoms with Crippen LogP contribution in [0.1, 0.15) is 0 Å². The summed E-state index contributed by atoms with van der Waals surface area (Å²) in [5.41, 5.74) is 10.2. The van der Waals surface area contributed by atoms with E-state index in [1.807, 2.05) is 50.7 Å². The van der Waals surface area contributed by atoms with E-state index in [9.17, 15) is 0 Å². The monoisotopic (exact) mass is 413 g/mol. The number of nitrogens with two attached hydrogens (primary N) is 1. The summed E-state index contributed by atoms with van der Waals surface area (Å²) < 4.78 is 0. The Kier molecular flexibility index (Phi) is 7.04. The number of rotatable bonds is 3. The first kappa shape index (κ1) is 17.8. The van der Waals surface area contributed by atoms with Crippen molar-refractivity contribution in [2.24, 2.45) is 10.7 Å². The van der Waals surface area contributed by atoms with Crippen LogP contribution in [-0.2, 0) is 0 Å². The van der Waals surface area contributed by atoms with Crippen LogP contribution in [0.5, 0.6) is 0 Å². The largest absolute Gasteiger partial charge is 0.378 e. The van der Waals surface area contributed by atoms with Crippen molar-refractivity contribution in [3.63, 3.8) is 0 Å². The highest BCUT2D eigenvalue weighted by Crippen LogP contribution is 2.36. The molecular weight excluding hydrogens is 393 g/mol. The topological polar surface area (TPSA) is 41.6 Å². The molecule has 0 aliphatic heterocycles. The normalized spacial score (nSPS) is 10.9. The number of aliphatic imine (C=N–C) groups is 1. The molecule has 0 saturated carbocycles. The van der Waals surface area contributed by atoms with E-state index >= 15 is 0 Å². The fraction of sp³-hybridized carbons (Fsp3) is 0.188. The van der Waals surface area contributed by atoms with Gasteiger partial charge in [0.2, 0.25) is 0 Å². The second-order valence-corrected chi connectivity index (χ2v) is 5.41. The van der Waals surface area contributed by atoms with Gasteiger partial charge in [-0.15, -0.1) is 24.0 Å². The zero-order valence-electron chi connectivity index (χ0n) is 12.4. The molecule has 0 fully saturated rings. The number of hydrogen-bond donors (Lipinski definition) is 1. The Morgan fingerprint density at radius 2 is 1.57 bits per heavy atom. The Morgan fingerprint density at radius 3 is 2.19 bits per heavy atom. The van der Waals surface area contributed by atoms with Crippen LogP contribution in [0.25, 0.3) is 11.1 Å². The third-order valence-corrected chi connectivity index (χ3v) is 3.53. The fourth-order valence-electron chi connectivity index (χ4n) is 2.05. The summed E-state index contributed by atoms with van der Waals surface area (Å²) in [6.07, 6.45) is 1.93. The molecular formula is C16H20IN3S. The van der Waals surface area contributed by atoms with Crippen molar-refractivity contribution in [3.05, 3.63) is 48.5 Å². The number of thioether (sulfide) groups is 1. The number of halogens is 1. The van der Waals surface area contributed by atoms with Gasteiger partial charge in [-0.25, -0.2) is 4.99 Å². The average molecular weight is 413 g/mol. The van der Waals surface area contributed by atoms with Gasteiger partial charge >= 0.3 is 0 Å². The van der Waals surface area contributed by atoms with Gasteiger partial charge in [0.05, 0.1) is 5.69 Å². The molecule has 2 aromatic carbocycles. The third kappa shape index (κ3) is 4.38. The molecule has 0 radical (unpaired) electrons. The van der Waals surface area contributed by atoms with Crippen LogP contribution in [0.15, 0.2) is 53.5 Å². The first-order valence-electron chi connectivity index (χ1n) is 6.37. The minimum atomic E-state index is 0. The lowest BCUT2D eigenvalue weighted by atomic mass is 10.0. The summed E-state index contributed by atoms with van der Waals surface area (Å²) in [5.74, 6) is 0. The molecule has 5 heteroatoms. The van der Waals surface area contributed by atoms with Gasteiger partial charge in [0.25, 0.3) is 0 Å². The third-order valence-electron chi connectivity index (χ3n) is 3.02. The molecule has 0 atom stereocenters. The number of nitrogens with zero attached hydrogens (tertiary/aromatic N) is 2. The fourth-order valence-corrected chi connectivity index (χ4v) is 2.24. The van der Waals surface area contributed by atoms with Gasteiger partial charge in [0.1, 0.15) is 0 Å². The van der Waals surface area contributed by atoms with E-state index in [4.69, 9.17) is 5.73 Å². The highest BCUT2D eigenvalue weighted by atomic mass is 127. The zero-order valence-corrected chi connectivity index (χ0v) is 15.6. The van der Waals surface area contributed by atoms with Crippen molar-refractivity contribution in [1.29, 1.82) is 0 Å². The molecule has 112 valence electrons. The van der Waals surface area contributed by atoms with Crippen LogP contribution in [0.2, 0.25) is 0 Å². The Hall–Kier alpha value is -1.21. The van der Waals surface area contributed by atoms with E-state index in [0.29, 0.717) is 5.17 Å². The van der Waals surface area contributed by atoms with Crippen LogP contribution in [0.3, 0.4) is 0 Å². The SMILES string of the molecule is CSC(N)=Nc1ccccc1-c1ccccc1N(C)C.I. The van der Waals surface area contributed by atoms with Crippen molar-refractivity contribution in [3.8, 4) is 11.1 Å². The summed E-state index contributed by atoms with van der Waals surface area (Å²) in [4.78, 5) is 6.60. The van der Waals surface area contributed by atoms with Gasteiger partial charge in [-0.1, -0.05) is 48.2 Å². The van der Waals surface area contributed by atoms with Gasteiger partial charge in [-0.2, -0.15) is 0 Å². The average Bonchev–Trinajstić information content (AvgIpc) is 2.47.